The average Bonchev–Trinajstić information content (AvgIpc) is 2.76. The van der Waals surface area contributed by atoms with Crippen LogP contribution in [0.2, 0.25) is 0 Å². The Hall–Kier alpha value is -1.56. The molecule has 2 saturated heterocycles. The van der Waals surface area contributed by atoms with Crippen molar-refractivity contribution in [2.45, 2.75) is 12.8 Å². The topological polar surface area (TPSA) is 76.1 Å². The van der Waals surface area contributed by atoms with E-state index in [1.165, 1.54) is 11.0 Å². The largest absolute Gasteiger partial charge is 0.481 e. The number of hydrogen-bond donors (Lipinski definition) is 1. The second kappa shape index (κ2) is 5.61. The normalized spacial score (nSPS) is 25.3. The van der Waals surface area contributed by atoms with E-state index in [1.54, 1.807) is 0 Å². The third-order valence-electron chi connectivity index (χ3n) is 4.02. The first-order valence-corrected chi connectivity index (χ1v) is 6.42. The molecule has 1 N–H and O–H groups in total. The van der Waals surface area contributed by atoms with E-state index in [9.17, 15) is 14.7 Å². The first-order valence-electron chi connectivity index (χ1n) is 6.42. The highest BCUT2D eigenvalue weighted by molar-refractivity contribution is 5.75. The molecule has 1 amide bonds. The molecule has 1 unspecified atom stereocenters. The average molecular weight is 269 g/mol. The van der Waals surface area contributed by atoms with Crippen molar-refractivity contribution >= 4 is 12.1 Å². The van der Waals surface area contributed by atoms with Gasteiger partial charge in [-0.1, -0.05) is 12.7 Å². The van der Waals surface area contributed by atoms with Crippen LogP contribution in [0.15, 0.2) is 12.7 Å². The lowest BCUT2D eigenvalue weighted by Crippen LogP contribution is -2.40. The van der Waals surface area contributed by atoms with Gasteiger partial charge in [-0.25, -0.2) is 4.79 Å². The molecular weight excluding hydrogens is 250 g/mol. The van der Waals surface area contributed by atoms with Gasteiger partial charge in [0.2, 0.25) is 0 Å². The summed E-state index contributed by atoms with van der Waals surface area (Å²) >= 11 is 0. The van der Waals surface area contributed by atoms with Crippen molar-refractivity contribution in [1.82, 2.24) is 4.90 Å². The maximum atomic E-state index is 11.8. The van der Waals surface area contributed by atoms with Gasteiger partial charge in [0, 0.05) is 31.7 Å². The van der Waals surface area contributed by atoms with Crippen molar-refractivity contribution < 1.29 is 24.2 Å². The van der Waals surface area contributed by atoms with E-state index < -0.39 is 18.0 Å². The standard InChI is InChI=1S/C13H19NO5/c1-2-5-19-12(17)14-8-10(11(15)16)13(9-14)3-6-18-7-4-13/h2,10H,1,3-9H2,(H,15,16). The lowest BCUT2D eigenvalue weighted by molar-refractivity contribution is -0.146. The Morgan fingerprint density at radius 2 is 2.16 bits per heavy atom. The molecule has 0 aliphatic carbocycles. The van der Waals surface area contributed by atoms with E-state index >= 15 is 0 Å². The van der Waals surface area contributed by atoms with Crippen LogP contribution in [0.4, 0.5) is 4.79 Å². The number of aliphatic carboxylic acids is 1. The summed E-state index contributed by atoms with van der Waals surface area (Å²) in [6, 6.07) is 0. The Bertz CT molecular complexity index is 375. The van der Waals surface area contributed by atoms with Gasteiger partial charge < -0.3 is 19.5 Å². The molecule has 2 aliphatic rings. The van der Waals surface area contributed by atoms with Gasteiger partial charge in [0.1, 0.15) is 6.61 Å². The number of ether oxygens (including phenoxy) is 2. The fourth-order valence-electron chi connectivity index (χ4n) is 2.95. The highest BCUT2D eigenvalue weighted by atomic mass is 16.6. The van der Waals surface area contributed by atoms with Crippen LogP contribution >= 0.6 is 0 Å². The third kappa shape index (κ3) is 2.73. The van der Waals surface area contributed by atoms with Crippen LogP contribution in [-0.4, -0.2) is 55.0 Å². The number of nitrogens with zero attached hydrogens (tertiary/aromatic N) is 1. The summed E-state index contributed by atoms with van der Waals surface area (Å²) in [4.78, 5) is 24.7. The van der Waals surface area contributed by atoms with Gasteiger partial charge in [0.05, 0.1) is 5.92 Å². The Balaban J connectivity index is 2.09. The van der Waals surface area contributed by atoms with Gasteiger partial charge >= 0.3 is 12.1 Å². The SMILES string of the molecule is C=CCOC(=O)N1CC(C(=O)O)C2(CCOCC2)C1. The summed E-state index contributed by atoms with van der Waals surface area (Å²) in [5.74, 6) is -1.38. The molecule has 0 saturated carbocycles. The molecule has 0 aromatic heterocycles. The highest BCUT2D eigenvalue weighted by Gasteiger charge is 2.52. The predicted octanol–water partition coefficient (Wildman–Crippen LogP) is 1.12. The van der Waals surface area contributed by atoms with Crippen LogP contribution in [-0.2, 0) is 14.3 Å². The number of hydrogen-bond acceptors (Lipinski definition) is 4. The predicted molar refractivity (Wildman–Crippen MR) is 66.7 cm³/mol. The summed E-state index contributed by atoms with van der Waals surface area (Å²) in [6.45, 7) is 5.38. The molecule has 0 radical (unpaired) electrons. The van der Waals surface area contributed by atoms with Crippen molar-refractivity contribution in [3.63, 3.8) is 0 Å². The van der Waals surface area contributed by atoms with E-state index in [1.807, 2.05) is 0 Å². The van der Waals surface area contributed by atoms with Gasteiger partial charge in [-0.2, -0.15) is 0 Å². The van der Waals surface area contributed by atoms with Crippen LogP contribution in [0.3, 0.4) is 0 Å². The monoisotopic (exact) mass is 269 g/mol. The molecule has 2 rings (SSSR count). The summed E-state index contributed by atoms with van der Waals surface area (Å²) < 4.78 is 10.3. The number of carbonyl (C=O) groups excluding carboxylic acids is 1. The molecule has 2 fully saturated rings. The number of amides is 1. The minimum Gasteiger partial charge on any atom is -0.481 e. The van der Waals surface area contributed by atoms with E-state index in [4.69, 9.17) is 9.47 Å². The Kier molecular flexibility index (Phi) is 4.09. The maximum Gasteiger partial charge on any atom is 0.410 e. The maximum absolute atomic E-state index is 11.8. The second-order valence-electron chi connectivity index (χ2n) is 5.11. The molecule has 1 spiro atoms. The summed E-state index contributed by atoms with van der Waals surface area (Å²) in [5.41, 5.74) is -0.364. The molecule has 6 heteroatoms. The molecular formula is C13H19NO5. The first-order chi connectivity index (χ1) is 9.09. The molecule has 2 aliphatic heterocycles. The van der Waals surface area contributed by atoms with Gasteiger partial charge in [0.15, 0.2) is 0 Å². The number of likely N-dealkylation sites (tertiary alicyclic amines) is 1. The zero-order chi connectivity index (χ0) is 13.9. The second-order valence-corrected chi connectivity index (χ2v) is 5.11. The fraction of sp³-hybridized carbons (Fsp3) is 0.692. The van der Waals surface area contributed by atoms with Crippen molar-refractivity contribution in [1.29, 1.82) is 0 Å². The van der Waals surface area contributed by atoms with Gasteiger partial charge in [0.25, 0.3) is 0 Å². The fourth-order valence-corrected chi connectivity index (χ4v) is 2.95. The number of carbonyl (C=O) groups is 2. The Labute approximate surface area is 112 Å². The molecule has 106 valence electrons. The quantitative estimate of drug-likeness (QED) is 0.777. The first kappa shape index (κ1) is 13.9. The molecule has 6 nitrogen and oxygen atoms in total. The van der Waals surface area contributed by atoms with Crippen LogP contribution in [0, 0.1) is 11.3 Å². The molecule has 1 atom stereocenters. The zero-order valence-electron chi connectivity index (χ0n) is 10.8. The van der Waals surface area contributed by atoms with Crippen molar-refractivity contribution in [3.8, 4) is 0 Å². The molecule has 0 aromatic carbocycles. The van der Waals surface area contributed by atoms with Crippen molar-refractivity contribution in [2.24, 2.45) is 11.3 Å². The lowest BCUT2D eigenvalue weighted by Gasteiger charge is -2.35. The van der Waals surface area contributed by atoms with Crippen LogP contribution in [0.1, 0.15) is 12.8 Å². The molecule has 2 heterocycles. The van der Waals surface area contributed by atoms with Gasteiger partial charge in [-0.3, -0.25) is 4.79 Å². The summed E-state index contributed by atoms with van der Waals surface area (Å²) in [6.07, 6.45) is 2.38. The minimum absolute atomic E-state index is 0.142. The zero-order valence-corrected chi connectivity index (χ0v) is 10.8. The Morgan fingerprint density at radius 1 is 1.47 bits per heavy atom. The van der Waals surface area contributed by atoms with E-state index in [0.29, 0.717) is 32.6 Å². The third-order valence-corrected chi connectivity index (χ3v) is 4.02. The van der Waals surface area contributed by atoms with Crippen LogP contribution in [0.25, 0.3) is 0 Å². The summed E-state index contributed by atoms with van der Waals surface area (Å²) in [5, 5.41) is 9.37. The summed E-state index contributed by atoms with van der Waals surface area (Å²) in [7, 11) is 0. The van der Waals surface area contributed by atoms with E-state index in [0.717, 1.165) is 0 Å². The van der Waals surface area contributed by atoms with Gasteiger partial charge in [-0.05, 0) is 12.8 Å². The smallest absolute Gasteiger partial charge is 0.410 e. The molecule has 19 heavy (non-hydrogen) atoms. The number of rotatable bonds is 3. The number of carboxylic acids is 1. The molecule has 0 bridgehead atoms. The van der Waals surface area contributed by atoms with E-state index in [-0.39, 0.29) is 18.6 Å². The number of carboxylic acid groups (broad SMARTS) is 1. The van der Waals surface area contributed by atoms with Crippen molar-refractivity contribution in [3.05, 3.63) is 12.7 Å². The van der Waals surface area contributed by atoms with Crippen LogP contribution in [0.5, 0.6) is 0 Å². The van der Waals surface area contributed by atoms with Crippen molar-refractivity contribution in [2.75, 3.05) is 32.9 Å². The van der Waals surface area contributed by atoms with Gasteiger partial charge in [-0.15, -0.1) is 0 Å². The molecule has 0 aromatic rings. The van der Waals surface area contributed by atoms with E-state index in [2.05, 4.69) is 6.58 Å². The van der Waals surface area contributed by atoms with Crippen LogP contribution < -0.4 is 0 Å². The Morgan fingerprint density at radius 3 is 2.74 bits per heavy atom. The highest BCUT2D eigenvalue weighted by Crippen LogP contribution is 2.44. The minimum atomic E-state index is -0.846. The lowest BCUT2D eigenvalue weighted by atomic mass is 9.72.